The molecule has 0 bridgehead atoms. The van der Waals surface area contributed by atoms with Crippen molar-refractivity contribution in [2.45, 2.75) is 26.8 Å². The van der Waals surface area contributed by atoms with E-state index in [9.17, 15) is 4.79 Å². The number of hydrogen-bond acceptors (Lipinski definition) is 5. The zero-order valence-electron chi connectivity index (χ0n) is 7.73. The van der Waals surface area contributed by atoms with E-state index >= 15 is 0 Å². The molecule has 1 rings (SSSR count). The van der Waals surface area contributed by atoms with Gasteiger partial charge < -0.3 is 4.74 Å². The smallest absolute Gasteiger partial charge is 0.313 e. The van der Waals surface area contributed by atoms with Crippen molar-refractivity contribution in [2.75, 3.05) is 6.61 Å². The summed E-state index contributed by atoms with van der Waals surface area (Å²) in [6.07, 6.45) is 0.134. The SMILES string of the molecule is CCOC(=O)Cc1nnnn1CC. The molecular formula is C7H12N4O2. The second-order valence-electron chi connectivity index (χ2n) is 2.39. The molecule has 1 aromatic heterocycles. The average Bonchev–Trinajstić information content (AvgIpc) is 2.52. The Balaban J connectivity index is 2.57. The number of carbonyl (C=O) groups excluding carboxylic acids is 1. The van der Waals surface area contributed by atoms with Crippen molar-refractivity contribution in [1.82, 2.24) is 20.2 Å². The van der Waals surface area contributed by atoms with Crippen molar-refractivity contribution >= 4 is 5.97 Å². The van der Waals surface area contributed by atoms with Crippen LogP contribution in [0.1, 0.15) is 19.7 Å². The molecule has 0 aromatic carbocycles. The number of ether oxygens (including phenoxy) is 1. The molecule has 72 valence electrons. The van der Waals surface area contributed by atoms with Gasteiger partial charge in [-0.2, -0.15) is 0 Å². The molecule has 0 fully saturated rings. The molecule has 0 saturated heterocycles. The lowest BCUT2D eigenvalue weighted by Crippen LogP contribution is -2.12. The molecule has 0 N–H and O–H groups in total. The summed E-state index contributed by atoms with van der Waals surface area (Å²) in [7, 11) is 0. The number of rotatable bonds is 4. The highest BCUT2D eigenvalue weighted by Crippen LogP contribution is 1.95. The van der Waals surface area contributed by atoms with Gasteiger partial charge in [-0.15, -0.1) is 5.10 Å². The van der Waals surface area contributed by atoms with Gasteiger partial charge in [-0.25, -0.2) is 4.68 Å². The van der Waals surface area contributed by atoms with Crippen molar-refractivity contribution in [3.05, 3.63) is 5.82 Å². The summed E-state index contributed by atoms with van der Waals surface area (Å²) < 4.78 is 6.33. The van der Waals surface area contributed by atoms with Gasteiger partial charge in [0.25, 0.3) is 0 Å². The molecule has 0 aliphatic rings. The van der Waals surface area contributed by atoms with Crippen LogP contribution in [-0.2, 0) is 22.5 Å². The Hall–Kier alpha value is -1.46. The molecule has 0 aliphatic heterocycles. The van der Waals surface area contributed by atoms with Crippen LogP contribution in [0.25, 0.3) is 0 Å². The quantitative estimate of drug-likeness (QED) is 0.606. The molecule has 1 aromatic rings. The van der Waals surface area contributed by atoms with Crippen LogP contribution in [0.5, 0.6) is 0 Å². The summed E-state index contributed by atoms with van der Waals surface area (Å²) in [4.78, 5) is 11.0. The van der Waals surface area contributed by atoms with Gasteiger partial charge in [-0.3, -0.25) is 4.79 Å². The number of aromatic nitrogens is 4. The molecule has 0 amide bonds. The fourth-order valence-electron chi connectivity index (χ4n) is 0.937. The Morgan fingerprint density at radius 1 is 1.54 bits per heavy atom. The molecule has 0 atom stereocenters. The predicted octanol–water partition coefficient (Wildman–Crippen LogP) is -0.201. The molecular weight excluding hydrogens is 172 g/mol. The third-order valence-corrected chi connectivity index (χ3v) is 1.51. The third-order valence-electron chi connectivity index (χ3n) is 1.51. The monoisotopic (exact) mass is 184 g/mol. The van der Waals surface area contributed by atoms with E-state index in [1.807, 2.05) is 6.92 Å². The van der Waals surface area contributed by atoms with Gasteiger partial charge in [0.1, 0.15) is 6.42 Å². The highest BCUT2D eigenvalue weighted by Gasteiger charge is 2.10. The highest BCUT2D eigenvalue weighted by atomic mass is 16.5. The summed E-state index contributed by atoms with van der Waals surface area (Å²) in [5.41, 5.74) is 0. The number of nitrogens with zero attached hydrogens (tertiary/aromatic N) is 4. The summed E-state index contributed by atoms with van der Waals surface area (Å²) >= 11 is 0. The van der Waals surface area contributed by atoms with E-state index in [1.165, 1.54) is 0 Å². The first-order chi connectivity index (χ1) is 6.27. The van der Waals surface area contributed by atoms with Gasteiger partial charge in [0.2, 0.25) is 0 Å². The Kier molecular flexibility index (Phi) is 3.36. The second-order valence-corrected chi connectivity index (χ2v) is 2.39. The number of tetrazole rings is 1. The molecule has 6 heteroatoms. The minimum Gasteiger partial charge on any atom is -0.466 e. The first kappa shape index (κ1) is 9.63. The Labute approximate surface area is 75.9 Å². The molecule has 1 heterocycles. The minimum atomic E-state index is -0.299. The molecule has 6 nitrogen and oxygen atoms in total. The van der Waals surface area contributed by atoms with Gasteiger partial charge in [0.15, 0.2) is 5.82 Å². The van der Waals surface area contributed by atoms with Crippen molar-refractivity contribution in [1.29, 1.82) is 0 Å². The minimum absolute atomic E-state index is 0.134. The van der Waals surface area contributed by atoms with Crippen LogP contribution in [0, 0.1) is 0 Å². The van der Waals surface area contributed by atoms with E-state index in [4.69, 9.17) is 4.74 Å². The zero-order valence-corrected chi connectivity index (χ0v) is 7.73. The molecule has 0 unspecified atom stereocenters. The lowest BCUT2D eigenvalue weighted by atomic mass is 10.4. The number of esters is 1. The van der Waals surface area contributed by atoms with Crippen LogP contribution in [0.15, 0.2) is 0 Å². The van der Waals surface area contributed by atoms with Gasteiger partial charge in [-0.1, -0.05) is 0 Å². The maximum atomic E-state index is 11.0. The van der Waals surface area contributed by atoms with Crippen LogP contribution >= 0.6 is 0 Å². The summed E-state index contributed by atoms with van der Waals surface area (Å²) in [5.74, 6) is 0.243. The first-order valence-corrected chi connectivity index (χ1v) is 4.18. The molecule has 0 saturated carbocycles. The van der Waals surface area contributed by atoms with Crippen LogP contribution in [0.4, 0.5) is 0 Å². The summed E-state index contributed by atoms with van der Waals surface area (Å²) in [6.45, 7) is 4.71. The van der Waals surface area contributed by atoms with E-state index in [0.717, 1.165) is 0 Å². The fourth-order valence-corrected chi connectivity index (χ4v) is 0.937. The third kappa shape index (κ3) is 2.50. The van der Waals surface area contributed by atoms with Gasteiger partial charge in [0.05, 0.1) is 6.61 Å². The highest BCUT2D eigenvalue weighted by molar-refractivity contribution is 5.71. The maximum absolute atomic E-state index is 11.0. The first-order valence-electron chi connectivity index (χ1n) is 4.18. The van der Waals surface area contributed by atoms with Crippen molar-refractivity contribution in [2.24, 2.45) is 0 Å². The van der Waals surface area contributed by atoms with Crippen molar-refractivity contribution < 1.29 is 9.53 Å². The lowest BCUT2D eigenvalue weighted by Gasteiger charge is -2.00. The topological polar surface area (TPSA) is 69.9 Å². The van der Waals surface area contributed by atoms with E-state index in [-0.39, 0.29) is 12.4 Å². The van der Waals surface area contributed by atoms with E-state index in [0.29, 0.717) is 19.0 Å². The molecule has 13 heavy (non-hydrogen) atoms. The van der Waals surface area contributed by atoms with Gasteiger partial charge in [0, 0.05) is 6.54 Å². The van der Waals surface area contributed by atoms with Gasteiger partial charge in [-0.05, 0) is 24.3 Å². The summed E-state index contributed by atoms with van der Waals surface area (Å²) in [6, 6.07) is 0. The normalized spacial score (nSPS) is 10.0. The zero-order chi connectivity index (χ0) is 9.68. The Morgan fingerprint density at radius 2 is 2.31 bits per heavy atom. The van der Waals surface area contributed by atoms with Crippen LogP contribution < -0.4 is 0 Å². The van der Waals surface area contributed by atoms with E-state index in [2.05, 4.69) is 15.5 Å². The van der Waals surface area contributed by atoms with Crippen LogP contribution in [-0.4, -0.2) is 32.8 Å². The average molecular weight is 184 g/mol. The molecule has 0 spiro atoms. The standard InChI is InChI=1S/C7H12N4O2/c1-3-11-6(8-9-10-11)5-7(12)13-4-2/h3-5H2,1-2H3. The number of aryl methyl sites for hydroxylation is 1. The van der Waals surface area contributed by atoms with E-state index in [1.54, 1.807) is 11.6 Å². The van der Waals surface area contributed by atoms with Crippen molar-refractivity contribution in [3.8, 4) is 0 Å². The van der Waals surface area contributed by atoms with Crippen LogP contribution in [0.3, 0.4) is 0 Å². The maximum Gasteiger partial charge on any atom is 0.313 e. The van der Waals surface area contributed by atoms with E-state index < -0.39 is 0 Å². The largest absolute Gasteiger partial charge is 0.466 e. The van der Waals surface area contributed by atoms with Crippen LogP contribution in [0.2, 0.25) is 0 Å². The Bertz CT molecular complexity index is 284. The molecule has 0 aliphatic carbocycles. The fraction of sp³-hybridized carbons (Fsp3) is 0.714. The summed E-state index contributed by atoms with van der Waals surface area (Å²) in [5, 5.41) is 10.9. The number of hydrogen-bond donors (Lipinski definition) is 0. The van der Waals surface area contributed by atoms with Gasteiger partial charge >= 0.3 is 5.97 Å². The lowest BCUT2D eigenvalue weighted by molar-refractivity contribution is -0.142. The second kappa shape index (κ2) is 4.54. The van der Waals surface area contributed by atoms with Crippen molar-refractivity contribution in [3.63, 3.8) is 0 Å². The predicted molar refractivity (Wildman–Crippen MR) is 43.8 cm³/mol. The number of carbonyl (C=O) groups is 1. The molecule has 0 radical (unpaired) electrons. The Morgan fingerprint density at radius 3 is 2.92 bits per heavy atom.